The van der Waals surface area contributed by atoms with Crippen LogP contribution in [-0.4, -0.2) is 33.4 Å². The first-order valence-corrected chi connectivity index (χ1v) is 10.6. The Morgan fingerprint density at radius 1 is 1.17 bits per heavy atom. The van der Waals surface area contributed by atoms with E-state index >= 15 is 0 Å². The summed E-state index contributed by atoms with van der Waals surface area (Å²) in [5, 5.41) is 0. The molecule has 0 saturated carbocycles. The van der Waals surface area contributed by atoms with Gasteiger partial charge in [0.05, 0.1) is 19.3 Å². The molecule has 0 radical (unpaired) electrons. The van der Waals surface area contributed by atoms with Gasteiger partial charge in [-0.2, -0.15) is 0 Å². The number of ether oxygens (including phenoxy) is 2. The summed E-state index contributed by atoms with van der Waals surface area (Å²) in [6.45, 7) is 12.7. The maximum atomic E-state index is 6.45. The summed E-state index contributed by atoms with van der Waals surface area (Å²) in [6.07, 6.45) is 4.08. The molecule has 1 atom stereocenters. The molecule has 0 aromatic rings. The SMILES string of the molecule is CCC[Si](C)(C)OC(CC)C1(CC)OCCCO1. The summed E-state index contributed by atoms with van der Waals surface area (Å²) >= 11 is 0. The van der Waals surface area contributed by atoms with Gasteiger partial charge in [-0.05, 0) is 32.0 Å². The molecule has 0 N–H and O–H groups in total. The Bertz CT molecular complexity index is 237. The summed E-state index contributed by atoms with van der Waals surface area (Å²) in [7, 11) is -1.59. The predicted molar refractivity (Wildman–Crippen MR) is 77.3 cm³/mol. The van der Waals surface area contributed by atoms with Crippen LogP contribution in [0.3, 0.4) is 0 Å². The van der Waals surface area contributed by atoms with Crippen molar-refractivity contribution in [1.82, 2.24) is 0 Å². The van der Waals surface area contributed by atoms with Crippen LogP contribution < -0.4 is 0 Å². The van der Waals surface area contributed by atoms with Crippen molar-refractivity contribution in [2.75, 3.05) is 13.2 Å². The van der Waals surface area contributed by atoms with Crippen LogP contribution in [0, 0.1) is 0 Å². The van der Waals surface area contributed by atoms with Gasteiger partial charge in [-0.3, -0.25) is 0 Å². The highest BCUT2D eigenvalue weighted by molar-refractivity contribution is 6.71. The minimum absolute atomic E-state index is 0.0796. The van der Waals surface area contributed by atoms with E-state index in [1.54, 1.807) is 0 Å². The van der Waals surface area contributed by atoms with Gasteiger partial charge in [-0.1, -0.05) is 27.2 Å². The lowest BCUT2D eigenvalue weighted by Gasteiger charge is -2.44. The third-order valence-electron chi connectivity index (χ3n) is 3.65. The zero-order valence-corrected chi connectivity index (χ0v) is 13.8. The summed E-state index contributed by atoms with van der Waals surface area (Å²) in [5.74, 6) is -0.495. The monoisotopic (exact) mass is 274 g/mol. The van der Waals surface area contributed by atoms with Gasteiger partial charge in [0, 0.05) is 6.42 Å². The molecule has 0 aliphatic carbocycles. The van der Waals surface area contributed by atoms with Gasteiger partial charge in [0.15, 0.2) is 14.1 Å². The largest absolute Gasteiger partial charge is 0.409 e. The first-order valence-electron chi connectivity index (χ1n) is 7.45. The normalized spacial score (nSPS) is 21.8. The van der Waals surface area contributed by atoms with E-state index in [1.165, 1.54) is 12.5 Å². The Morgan fingerprint density at radius 3 is 2.22 bits per heavy atom. The molecule has 0 spiro atoms. The van der Waals surface area contributed by atoms with E-state index in [4.69, 9.17) is 13.9 Å². The molecule has 0 amide bonds. The summed E-state index contributed by atoms with van der Waals surface area (Å²) in [5.41, 5.74) is 0. The van der Waals surface area contributed by atoms with Gasteiger partial charge in [0.2, 0.25) is 0 Å². The summed E-state index contributed by atoms with van der Waals surface area (Å²) in [4.78, 5) is 0. The van der Waals surface area contributed by atoms with Crippen LogP contribution in [0.15, 0.2) is 0 Å². The Labute approximate surface area is 113 Å². The number of hydrogen-bond donors (Lipinski definition) is 0. The topological polar surface area (TPSA) is 27.7 Å². The van der Waals surface area contributed by atoms with Crippen LogP contribution in [-0.2, 0) is 13.9 Å². The molecule has 108 valence electrons. The van der Waals surface area contributed by atoms with E-state index < -0.39 is 14.1 Å². The summed E-state index contributed by atoms with van der Waals surface area (Å²) in [6, 6.07) is 1.20. The minimum atomic E-state index is -1.59. The Morgan fingerprint density at radius 2 is 1.78 bits per heavy atom. The molecule has 1 heterocycles. The predicted octanol–water partition coefficient (Wildman–Crippen LogP) is 3.94. The molecule has 1 fully saturated rings. The maximum Gasteiger partial charge on any atom is 0.193 e. The summed E-state index contributed by atoms with van der Waals surface area (Å²) < 4.78 is 18.4. The molecule has 1 saturated heterocycles. The lowest BCUT2D eigenvalue weighted by Crippen LogP contribution is -2.54. The van der Waals surface area contributed by atoms with E-state index in [0.717, 1.165) is 32.5 Å². The molecule has 1 aliphatic rings. The molecule has 1 unspecified atom stereocenters. The second kappa shape index (κ2) is 7.03. The van der Waals surface area contributed by atoms with Gasteiger partial charge >= 0.3 is 0 Å². The van der Waals surface area contributed by atoms with E-state index in [2.05, 4.69) is 33.9 Å². The van der Waals surface area contributed by atoms with Crippen LogP contribution >= 0.6 is 0 Å². The van der Waals surface area contributed by atoms with Crippen molar-refractivity contribution in [3.8, 4) is 0 Å². The average molecular weight is 274 g/mol. The highest BCUT2D eigenvalue weighted by Crippen LogP contribution is 2.33. The second-order valence-electron chi connectivity index (χ2n) is 5.74. The minimum Gasteiger partial charge on any atom is -0.409 e. The fraction of sp³-hybridized carbons (Fsp3) is 1.00. The molecular weight excluding hydrogens is 244 g/mol. The Balaban J connectivity index is 2.73. The van der Waals surface area contributed by atoms with E-state index in [0.29, 0.717) is 0 Å². The molecule has 0 aromatic heterocycles. The van der Waals surface area contributed by atoms with Gasteiger partial charge in [-0.25, -0.2) is 0 Å². The van der Waals surface area contributed by atoms with Crippen LogP contribution in [0.5, 0.6) is 0 Å². The van der Waals surface area contributed by atoms with E-state index in [1.807, 2.05) is 0 Å². The lowest BCUT2D eigenvalue weighted by atomic mass is 10.0. The zero-order chi connectivity index (χ0) is 13.6. The van der Waals surface area contributed by atoms with Crippen molar-refractivity contribution in [2.24, 2.45) is 0 Å². The first-order chi connectivity index (χ1) is 8.49. The Hall–Kier alpha value is 0.0969. The zero-order valence-electron chi connectivity index (χ0n) is 12.8. The quantitative estimate of drug-likeness (QED) is 0.658. The third-order valence-corrected chi connectivity index (χ3v) is 6.28. The van der Waals surface area contributed by atoms with E-state index in [9.17, 15) is 0 Å². The van der Waals surface area contributed by atoms with Crippen molar-refractivity contribution in [2.45, 2.75) is 77.5 Å². The standard InChI is InChI=1S/C14H30O3Si/c1-6-12-18(4,5)17-13(7-2)14(8-3)15-10-9-11-16-14/h13H,6-12H2,1-5H3. The van der Waals surface area contributed by atoms with Crippen LogP contribution in [0.1, 0.15) is 46.5 Å². The molecule has 18 heavy (non-hydrogen) atoms. The van der Waals surface area contributed by atoms with Gasteiger partial charge in [0.25, 0.3) is 0 Å². The molecule has 3 nitrogen and oxygen atoms in total. The number of rotatable bonds is 7. The van der Waals surface area contributed by atoms with Crippen LogP contribution in [0.25, 0.3) is 0 Å². The van der Waals surface area contributed by atoms with Crippen molar-refractivity contribution >= 4 is 8.32 Å². The Kier molecular flexibility index (Phi) is 6.31. The van der Waals surface area contributed by atoms with Gasteiger partial charge in [-0.15, -0.1) is 0 Å². The van der Waals surface area contributed by atoms with Crippen molar-refractivity contribution in [1.29, 1.82) is 0 Å². The van der Waals surface area contributed by atoms with Gasteiger partial charge in [0.1, 0.15) is 0 Å². The lowest BCUT2D eigenvalue weighted by molar-refractivity contribution is -0.305. The fourth-order valence-corrected chi connectivity index (χ4v) is 5.18. The molecule has 4 heteroatoms. The van der Waals surface area contributed by atoms with Crippen LogP contribution in [0.4, 0.5) is 0 Å². The second-order valence-corrected chi connectivity index (χ2v) is 10.00. The van der Waals surface area contributed by atoms with Gasteiger partial charge < -0.3 is 13.9 Å². The molecule has 0 aromatic carbocycles. The molecule has 0 bridgehead atoms. The average Bonchev–Trinajstić information content (AvgIpc) is 2.36. The van der Waals surface area contributed by atoms with Crippen LogP contribution in [0.2, 0.25) is 19.1 Å². The van der Waals surface area contributed by atoms with Crippen molar-refractivity contribution < 1.29 is 13.9 Å². The third kappa shape index (κ3) is 4.05. The fourth-order valence-electron chi connectivity index (χ4n) is 2.74. The smallest absolute Gasteiger partial charge is 0.193 e. The van der Waals surface area contributed by atoms with Crippen molar-refractivity contribution in [3.05, 3.63) is 0 Å². The highest BCUT2D eigenvalue weighted by Gasteiger charge is 2.43. The van der Waals surface area contributed by atoms with E-state index in [-0.39, 0.29) is 6.10 Å². The molecule has 1 aliphatic heterocycles. The maximum absolute atomic E-state index is 6.45. The molecular formula is C14H30O3Si. The highest BCUT2D eigenvalue weighted by atomic mass is 28.4. The first kappa shape index (κ1) is 16.2. The number of hydrogen-bond acceptors (Lipinski definition) is 3. The molecule has 1 rings (SSSR count). The van der Waals surface area contributed by atoms with Crippen molar-refractivity contribution in [3.63, 3.8) is 0 Å².